The van der Waals surface area contributed by atoms with Gasteiger partial charge < -0.3 is 20.1 Å². The zero-order valence-corrected chi connectivity index (χ0v) is 11.6. The lowest BCUT2D eigenvalue weighted by Gasteiger charge is -2.17. The van der Waals surface area contributed by atoms with Crippen LogP contribution in [0.25, 0.3) is 0 Å². The van der Waals surface area contributed by atoms with Gasteiger partial charge >= 0.3 is 0 Å². The minimum absolute atomic E-state index is 0.632. The van der Waals surface area contributed by atoms with Gasteiger partial charge in [0.05, 0.1) is 19.4 Å². The van der Waals surface area contributed by atoms with E-state index in [9.17, 15) is 0 Å². The van der Waals surface area contributed by atoms with Gasteiger partial charge in [0.25, 0.3) is 0 Å². The second-order valence-electron chi connectivity index (χ2n) is 4.13. The molecule has 0 heterocycles. The smallest absolute Gasteiger partial charge is 0.145 e. The first-order chi connectivity index (χ1) is 8.71. The predicted octanol–water partition coefficient (Wildman–Crippen LogP) is 2.39. The molecule has 4 heteroatoms. The Hall–Kier alpha value is -1.42. The van der Waals surface area contributed by atoms with E-state index in [4.69, 9.17) is 15.2 Å². The molecule has 0 fully saturated rings. The fraction of sp³-hybridized carbons (Fsp3) is 0.571. The molecule has 0 aliphatic carbocycles. The zero-order chi connectivity index (χ0) is 13.4. The van der Waals surface area contributed by atoms with Crippen LogP contribution in [-0.4, -0.2) is 38.3 Å². The van der Waals surface area contributed by atoms with E-state index in [1.807, 2.05) is 12.1 Å². The molecule has 0 unspecified atom stereocenters. The van der Waals surface area contributed by atoms with E-state index >= 15 is 0 Å². The molecule has 0 aliphatic heterocycles. The number of nitrogen functional groups attached to an aromatic ring is 1. The van der Waals surface area contributed by atoms with Crippen LogP contribution in [0.2, 0.25) is 0 Å². The Morgan fingerprint density at radius 1 is 1.22 bits per heavy atom. The Kier molecular flexibility index (Phi) is 6.36. The van der Waals surface area contributed by atoms with Crippen LogP contribution in [0, 0.1) is 0 Å². The standard InChI is InChI=1S/C14H24N2O2/c1-4-16(5-2)9-6-10-18-12-7-8-13(15)14(11-12)17-3/h7-8,11H,4-6,9-10,15H2,1-3H3. The number of nitrogens with zero attached hydrogens (tertiary/aromatic N) is 1. The monoisotopic (exact) mass is 252 g/mol. The van der Waals surface area contributed by atoms with Gasteiger partial charge in [-0.3, -0.25) is 0 Å². The van der Waals surface area contributed by atoms with Gasteiger partial charge in [-0.2, -0.15) is 0 Å². The summed E-state index contributed by atoms with van der Waals surface area (Å²) in [5, 5.41) is 0. The van der Waals surface area contributed by atoms with Crippen LogP contribution in [-0.2, 0) is 0 Å². The molecule has 0 atom stereocenters. The number of methoxy groups -OCH3 is 1. The summed E-state index contributed by atoms with van der Waals surface area (Å²) in [7, 11) is 1.61. The van der Waals surface area contributed by atoms with Gasteiger partial charge in [0.1, 0.15) is 11.5 Å². The third-order valence-electron chi connectivity index (χ3n) is 2.99. The molecule has 2 N–H and O–H groups in total. The molecule has 18 heavy (non-hydrogen) atoms. The third kappa shape index (κ3) is 4.45. The molecule has 0 aliphatic rings. The van der Waals surface area contributed by atoms with Gasteiger partial charge in [-0.25, -0.2) is 0 Å². The summed E-state index contributed by atoms with van der Waals surface area (Å²) in [6.45, 7) is 8.31. The van der Waals surface area contributed by atoms with E-state index in [1.54, 1.807) is 13.2 Å². The van der Waals surface area contributed by atoms with Crippen LogP contribution in [0.4, 0.5) is 5.69 Å². The summed E-state index contributed by atoms with van der Waals surface area (Å²) >= 11 is 0. The SMILES string of the molecule is CCN(CC)CCCOc1ccc(N)c(OC)c1. The zero-order valence-electron chi connectivity index (χ0n) is 11.6. The van der Waals surface area contributed by atoms with E-state index in [-0.39, 0.29) is 0 Å². The van der Waals surface area contributed by atoms with Crippen molar-refractivity contribution in [1.29, 1.82) is 0 Å². The van der Waals surface area contributed by atoms with Gasteiger partial charge in [-0.15, -0.1) is 0 Å². The highest BCUT2D eigenvalue weighted by atomic mass is 16.5. The first kappa shape index (κ1) is 14.6. The highest BCUT2D eigenvalue weighted by molar-refractivity contribution is 5.55. The van der Waals surface area contributed by atoms with Crippen molar-refractivity contribution in [1.82, 2.24) is 4.90 Å². The van der Waals surface area contributed by atoms with E-state index in [2.05, 4.69) is 18.7 Å². The summed E-state index contributed by atoms with van der Waals surface area (Å²) in [6.07, 6.45) is 1.02. The number of benzene rings is 1. The van der Waals surface area contributed by atoms with Gasteiger partial charge in [0, 0.05) is 12.6 Å². The largest absolute Gasteiger partial charge is 0.494 e. The summed E-state index contributed by atoms with van der Waals surface area (Å²) < 4.78 is 10.8. The maximum Gasteiger partial charge on any atom is 0.145 e. The van der Waals surface area contributed by atoms with Crippen LogP contribution < -0.4 is 15.2 Å². The minimum atomic E-state index is 0.632. The first-order valence-corrected chi connectivity index (χ1v) is 6.49. The van der Waals surface area contributed by atoms with Crippen LogP contribution >= 0.6 is 0 Å². The van der Waals surface area contributed by atoms with E-state index in [1.165, 1.54) is 0 Å². The molecular formula is C14H24N2O2. The molecular weight excluding hydrogens is 228 g/mol. The molecule has 0 saturated carbocycles. The average molecular weight is 252 g/mol. The number of rotatable bonds is 8. The molecule has 0 bridgehead atoms. The van der Waals surface area contributed by atoms with Crippen molar-refractivity contribution in [3.63, 3.8) is 0 Å². The number of anilines is 1. The quantitative estimate of drug-likeness (QED) is 0.570. The Bertz CT molecular complexity index is 352. The molecule has 0 saturated heterocycles. The van der Waals surface area contributed by atoms with E-state index in [0.29, 0.717) is 18.0 Å². The Labute approximate surface area is 110 Å². The van der Waals surface area contributed by atoms with Gasteiger partial charge in [0.15, 0.2) is 0 Å². The van der Waals surface area contributed by atoms with Crippen molar-refractivity contribution in [2.75, 3.05) is 39.1 Å². The number of ether oxygens (including phenoxy) is 2. The lowest BCUT2D eigenvalue weighted by Crippen LogP contribution is -2.25. The molecule has 0 amide bonds. The molecule has 1 rings (SSSR count). The average Bonchev–Trinajstić information content (AvgIpc) is 2.40. The van der Waals surface area contributed by atoms with Crippen molar-refractivity contribution < 1.29 is 9.47 Å². The molecule has 4 nitrogen and oxygen atoms in total. The van der Waals surface area contributed by atoms with E-state index in [0.717, 1.165) is 31.8 Å². The van der Waals surface area contributed by atoms with Crippen molar-refractivity contribution in [2.24, 2.45) is 0 Å². The second-order valence-corrected chi connectivity index (χ2v) is 4.13. The fourth-order valence-corrected chi connectivity index (χ4v) is 1.80. The third-order valence-corrected chi connectivity index (χ3v) is 2.99. The summed E-state index contributed by atoms with van der Waals surface area (Å²) in [5.41, 5.74) is 6.38. The highest BCUT2D eigenvalue weighted by Gasteiger charge is 2.02. The normalized spacial score (nSPS) is 10.7. The van der Waals surface area contributed by atoms with Crippen LogP contribution in [0.15, 0.2) is 18.2 Å². The topological polar surface area (TPSA) is 47.7 Å². The second kappa shape index (κ2) is 7.82. The number of hydrogen-bond donors (Lipinski definition) is 1. The van der Waals surface area contributed by atoms with Gasteiger partial charge in [0.2, 0.25) is 0 Å². The summed E-state index contributed by atoms with van der Waals surface area (Å²) in [4.78, 5) is 2.38. The maximum atomic E-state index is 5.74. The number of nitrogens with two attached hydrogens (primary N) is 1. The minimum Gasteiger partial charge on any atom is -0.494 e. The molecule has 0 aromatic heterocycles. The lowest BCUT2D eigenvalue weighted by atomic mass is 10.3. The first-order valence-electron chi connectivity index (χ1n) is 6.49. The van der Waals surface area contributed by atoms with Crippen molar-refractivity contribution >= 4 is 5.69 Å². The molecule has 0 spiro atoms. The fourth-order valence-electron chi connectivity index (χ4n) is 1.80. The van der Waals surface area contributed by atoms with Crippen molar-refractivity contribution in [3.05, 3.63) is 18.2 Å². The van der Waals surface area contributed by atoms with Crippen LogP contribution in [0.3, 0.4) is 0 Å². The Balaban J connectivity index is 2.35. The molecule has 102 valence electrons. The summed E-state index contributed by atoms with van der Waals surface area (Å²) in [5.74, 6) is 1.47. The van der Waals surface area contributed by atoms with Crippen LogP contribution in [0.5, 0.6) is 11.5 Å². The van der Waals surface area contributed by atoms with Gasteiger partial charge in [-0.05, 0) is 31.6 Å². The Morgan fingerprint density at radius 3 is 2.56 bits per heavy atom. The molecule has 0 radical (unpaired) electrons. The van der Waals surface area contributed by atoms with Gasteiger partial charge in [-0.1, -0.05) is 13.8 Å². The van der Waals surface area contributed by atoms with Crippen molar-refractivity contribution in [3.8, 4) is 11.5 Å². The summed E-state index contributed by atoms with van der Waals surface area (Å²) in [6, 6.07) is 5.50. The number of hydrogen-bond acceptors (Lipinski definition) is 4. The lowest BCUT2D eigenvalue weighted by molar-refractivity contribution is 0.248. The van der Waals surface area contributed by atoms with Crippen LogP contribution in [0.1, 0.15) is 20.3 Å². The predicted molar refractivity (Wildman–Crippen MR) is 75.3 cm³/mol. The molecule has 1 aromatic rings. The molecule has 1 aromatic carbocycles. The highest BCUT2D eigenvalue weighted by Crippen LogP contribution is 2.26. The van der Waals surface area contributed by atoms with Crippen molar-refractivity contribution in [2.45, 2.75) is 20.3 Å². The maximum absolute atomic E-state index is 5.74. The van der Waals surface area contributed by atoms with E-state index < -0.39 is 0 Å². The Morgan fingerprint density at radius 2 is 1.94 bits per heavy atom.